The Morgan fingerprint density at radius 2 is 1.98 bits per heavy atom. The lowest BCUT2D eigenvalue weighted by Crippen LogP contribution is -2.54. The predicted molar refractivity (Wildman–Crippen MR) is 157 cm³/mol. The van der Waals surface area contributed by atoms with Crippen LogP contribution in [0.1, 0.15) is 24.5 Å². The van der Waals surface area contributed by atoms with Gasteiger partial charge in [-0.3, -0.25) is 9.18 Å². The monoisotopic (exact) mass is 657 g/mol. The van der Waals surface area contributed by atoms with Gasteiger partial charge in [0.15, 0.2) is 11.6 Å². The fourth-order valence-corrected chi connectivity index (χ4v) is 6.13. The molecule has 3 aromatic rings. The second-order valence-corrected chi connectivity index (χ2v) is 11.6. The van der Waals surface area contributed by atoms with Gasteiger partial charge in [0.05, 0.1) is 28.5 Å². The molecule has 0 radical (unpaired) electrons. The molecule has 0 unspecified atom stereocenters. The summed E-state index contributed by atoms with van der Waals surface area (Å²) in [4.78, 5) is 27.8. The minimum absolute atomic E-state index is 0.00808. The molecule has 45 heavy (non-hydrogen) atoms. The molecule has 3 atom stereocenters. The van der Waals surface area contributed by atoms with Crippen molar-refractivity contribution < 1.29 is 35.9 Å². The third-order valence-electron chi connectivity index (χ3n) is 7.96. The van der Waals surface area contributed by atoms with E-state index in [0.29, 0.717) is 13.0 Å². The number of nitrogens with one attached hydrogen (secondary N) is 1. The number of halogens is 7. The molecular formula is C29H30ClF6N7O2. The van der Waals surface area contributed by atoms with Crippen LogP contribution < -0.4 is 20.7 Å². The number of carbonyl (C=O) groups excluding carboxylic acids is 1. The van der Waals surface area contributed by atoms with E-state index in [0.717, 1.165) is 6.07 Å². The molecule has 2 fully saturated rings. The third kappa shape index (κ3) is 6.45. The van der Waals surface area contributed by atoms with Gasteiger partial charge in [0.25, 0.3) is 5.91 Å². The van der Waals surface area contributed by atoms with Crippen molar-refractivity contribution in [3.05, 3.63) is 46.5 Å². The minimum atomic E-state index is -4.92. The summed E-state index contributed by atoms with van der Waals surface area (Å²) in [5.74, 6) is -3.51. The molecule has 0 bridgehead atoms. The number of alkyl halides is 4. The molecule has 4 heterocycles. The van der Waals surface area contributed by atoms with E-state index in [2.05, 4.69) is 26.8 Å². The molecule has 3 N–H and O–H groups in total. The van der Waals surface area contributed by atoms with Crippen LogP contribution in [0.25, 0.3) is 22.2 Å². The first kappa shape index (κ1) is 32.5. The minimum Gasteiger partial charge on any atom is -0.462 e. The molecule has 5 rings (SSSR count). The lowest BCUT2D eigenvalue weighted by atomic mass is 9.99. The summed E-state index contributed by atoms with van der Waals surface area (Å²) < 4.78 is 91.6. The molecule has 2 saturated heterocycles. The molecule has 1 amide bonds. The number of hydrogen-bond donors (Lipinski definition) is 2. The van der Waals surface area contributed by atoms with Gasteiger partial charge in [-0.1, -0.05) is 18.2 Å². The molecule has 242 valence electrons. The highest BCUT2D eigenvalue weighted by Gasteiger charge is 2.39. The molecule has 2 aliphatic rings. The Kier molecular flexibility index (Phi) is 9.04. The van der Waals surface area contributed by atoms with Crippen molar-refractivity contribution in [2.75, 3.05) is 50.1 Å². The fourth-order valence-electron chi connectivity index (χ4n) is 5.85. The van der Waals surface area contributed by atoms with Crippen molar-refractivity contribution in [1.29, 1.82) is 0 Å². The Bertz CT molecular complexity index is 1660. The molecule has 0 saturated carbocycles. The van der Waals surface area contributed by atoms with E-state index in [4.69, 9.17) is 22.1 Å². The van der Waals surface area contributed by atoms with Gasteiger partial charge in [-0.2, -0.15) is 23.1 Å². The van der Waals surface area contributed by atoms with Crippen LogP contribution in [0.2, 0.25) is 5.02 Å². The lowest BCUT2D eigenvalue weighted by molar-refractivity contribution is -0.137. The first-order valence-electron chi connectivity index (χ1n) is 14.1. The molecular weight excluding hydrogens is 628 g/mol. The van der Waals surface area contributed by atoms with Crippen LogP contribution in [0.3, 0.4) is 0 Å². The van der Waals surface area contributed by atoms with Crippen LogP contribution in [-0.4, -0.2) is 77.3 Å². The van der Waals surface area contributed by atoms with Gasteiger partial charge in [-0.05, 0) is 38.0 Å². The Labute approximate surface area is 259 Å². The summed E-state index contributed by atoms with van der Waals surface area (Å²) in [5.41, 5.74) is 2.43. The van der Waals surface area contributed by atoms with Gasteiger partial charge in [0.1, 0.15) is 23.8 Å². The number of nitrogens with zero attached hydrogens (tertiary/aromatic N) is 5. The quantitative estimate of drug-likeness (QED) is 0.262. The van der Waals surface area contributed by atoms with Crippen molar-refractivity contribution in [2.45, 2.75) is 38.5 Å². The maximum atomic E-state index is 16.5. The first-order valence-corrected chi connectivity index (χ1v) is 14.4. The second-order valence-electron chi connectivity index (χ2n) is 11.2. The first-order chi connectivity index (χ1) is 21.2. The van der Waals surface area contributed by atoms with E-state index in [1.807, 2.05) is 0 Å². The van der Waals surface area contributed by atoms with Crippen LogP contribution in [0.4, 0.5) is 38.0 Å². The number of hydrogen-bond acceptors (Lipinski definition) is 8. The number of pyridine rings is 1. The van der Waals surface area contributed by atoms with E-state index in [1.54, 1.807) is 11.8 Å². The molecule has 2 aliphatic heterocycles. The highest BCUT2D eigenvalue weighted by atomic mass is 35.5. The number of amides is 1. The molecule has 0 spiro atoms. The highest BCUT2D eigenvalue weighted by molar-refractivity contribution is 6.34. The Morgan fingerprint density at radius 1 is 1.24 bits per heavy atom. The van der Waals surface area contributed by atoms with Gasteiger partial charge in [-0.15, -0.1) is 0 Å². The number of anilines is 2. The molecule has 9 nitrogen and oxygen atoms in total. The number of aryl methyl sites for hydroxylation is 1. The smallest absolute Gasteiger partial charge is 0.418 e. The predicted octanol–water partition coefficient (Wildman–Crippen LogP) is 5.24. The third-order valence-corrected chi connectivity index (χ3v) is 8.26. The number of nitrogens with two attached hydrogens (primary N) is 1. The summed E-state index contributed by atoms with van der Waals surface area (Å²) in [6.07, 6.45) is -4.43. The zero-order chi connectivity index (χ0) is 32.8. The fraction of sp³-hybridized carbons (Fsp3) is 0.448. The second kappa shape index (κ2) is 12.5. The van der Waals surface area contributed by atoms with Crippen LogP contribution >= 0.6 is 11.6 Å². The highest BCUT2D eigenvalue weighted by Crippen LogP contribution is 2.44. The summed E-state index contributed by atoms with van der Waals surface area (Å²) in [6, 6.07) is 1.26. The van der Waals surface area contributed by atoms with E-state index in [9.17, 15) is 26.7 Å². The summed E-state index contributed by atoms with van der Waals surface area (Å²) in [6.45, 7) is 6.18. The summed E-state index contributed by atoms with van der Waals surface area (Å²) in [5, 5.41) is 2.79. The number of ether oxygens (including phenoxy) is 1. The lowest BCUT2D eigenvalue weighted by Gasteiger charge is -2.40. The van der Waals surface area contributed by atoms with Crippen LogP contribution in [0.15, 0.2) is 24.5 Å². The van der Waals surface area contributed by atoms with Crippen molar-refractivity contribution >= 4 is 40.0 Å². The topological polar surface area (TPSA) is 110 Å². The van der Waals surface area contributed by atoms with Crippen molar-refractivity contribution in [2.24, 2.45) is 5.92 Å². The molecule has 16 heteroatoms. The van der Waals surface area contributed by atoms with Crippen molar-refractivity contribution in [1.82, 2.24) is 25.2 Å². The SMILES string of the molecule is C=C(F)C(=O)N1CCN(c2nc(OC[C@@H]3C[C@@H](CF)CN3)nc3c(F)c(-c4nc(N)cc(C)c4C(F)(F)F)c(Cl)cc23)[C@@H](C)C1. The summed E-state index contributed by atoms with van der Waals surface area (Å²) >= 11 is 6.49. The average Bonchev–Trinajstić information content (AvgIpc) is 3.43. The molecule has 0 aliphatic carbocycles. The number of aromatic nitrogens is 3. The van der Waals surface area contributed by atoms with E-state index in [-0.39, 0.29) is 66.8 Å². The van der Waals surface area contributed by atoms with E-state index < -0.39 is 63.8 Å². The van der Waals surface area contributed by atoms with Gasteiger partial charge < -0.3 is 25.6 Å². The van der Waals surface area contributed by atoms with Crippen molar-refractivity contribution in [3.8, 4) is 17.3 Å². The number of piperazine rings is 1. The van der Waals surface area contributed by atoms with Gasteiger partial charge in [0.2, 0.25) is 0 Å². The number of nitrogen functional groups attached to an aromatic ring is 1. The van der Waals surface area contributed by atoms with E-state index in [1.165, 1.54) is 17.9 Å². The average molecular weight is 658 g/mol. The van der Waals surface area contributed by atoms with Crippen molar-refractivity contribution in [3.63, 3.8) is 0 Å². The maximum Gasteiger partial charge on any atom is 0.418 e. The van der Waals surface area contributed by atoms with Crippen LogP contribution in [0, 0.1) is 18.7 Å². The maximum absolute atomic E-state index is 16.5. The standard InChI is InChI=1S/C29H30ClF6N7O2/c1-13-6-20(37)39-25(22(13)29(34,35)36)21-19(30)8-18-24(23(21)33)40-28(45-12-17-7-16(9-31)10-38-17)41-26(18)43-5-4-42(11-14(43)2)27(44)15(3)32/h6,8,14,16-17,38H,3-5,7,9-12H2,1-2H3,(H2,37,39)/t14-,16-,17-/m0/s1. The molecule has 1 aromatic carbocycles. The zero-order valence-electron chi connectivity index (χ0n) is 24.3. The van der Waals surface area contributed by atoms with Crippen LogP contribution in [-0.2, 0) is 11.0 Å². The number of fused-ring (bicyclic) bond motifs is 1. The summed E-state index contributed by atoms with van der Waals surface area (Å²) in [7, 11) is 0. The number of carbonyl (C=O) groups is 1. The van der Waals surface area contributed by atoms with Gasteiger partial charge >= 0.3 is 12.2 Å². The van der Waals surface area contributed by atoms with Crippen LogP contribution in [0.5, 0.6) is 6.01 Å². The Hall–Kier alpha value is -3.85. The Balaban J connectivity index is 1.64. The largest absolute Gasteiger partial charge is 0.462 e. The number of benzene rings is 1. The van der Waals surface area contributed by atoms with Gasteiger partial charge in [0, 0.05) is 49.6 Å². The zero-order valence-corrected chi connectivity index (χ0v) is 25.1. The van der Waals surface area contributed by atoms with E-state index >= 15 is 4.39 Å². The Morgan fingerprint density at radius 3 is 2.60 bits per heavy atom. The number of rotatable bonds is 7. The normalized spacial score (nSPS) is 20.6. The molecule has 2 aromatic heterocycles. The van der Waals surface area contributed by atoms with Gasteiger partial charge in [-0.25, -0.2) is 13.8 Å².